The summed E-state index contributed by atoms with van der Waals surface area (Å²) in [6, 6.07) is 4.18. The predicted molar refractivity (Wildman–Crippen MR) is 116 cm³/mol. The first kappa shape index (κ1) is 18.7. The second kappa shape index (κ2) is 7.49. The number of nitrogens with zero attached hydrogens (tertiary/aromatic N) is 7. The molecule has 5 rings (SSSR count). The Labute approximate surface area is 174 Å². The van der Waals surface area contributed by atoms with Crippen molar-refractivity contribution >= 4 is 22.7 Å². The molecule has 0 bridgehead atoms. The molecule has 0 spiro atoms. The molecular formula is C21H25N9. The van der Waals surface area contributed by atoms with Crippen LogP contribution in [0.5, 0.6) is 0 Å². The molecule has 0 amide bonds. The summed E-state index contributed by atoms with van der Waals surface area (Å²) in [6.45, 7) is 9.35. The van der Waals surface area contributed by atoms with E-state index in [-0.39, 0.29) is 0 Å². The van der Waals surface area contributed by atoms with Crippen LogP contribution in [0, 0.1) is 12.8 Å². The Morgan fingerprint density at radius 3 is 2.80 bits per heavy atom. The molecule has 1 aliphatic heterocycles. The summed E-state index contributed by atoms with van der Waals surface area (Å²) < 4.78 is 4.18. The van der Waals surface area contributed by atoms with Gasteiger partial charge in [0.15, 0.2) is 5.82 Å². The Bertz CT molecular complexity index is 1190. The molecule has 0 aliphatic carbocycles. The molecule has 30 heavy (non-hydrogen) atoms. The number of fused-ring (bicyclic) bond motifs is 1. The molecule has 9 heteroatoms. The van der Waals surface area contributed by atoms with E-state index < -0.39 is 0 Å². The Kier molecular flexibility index (Phi) is 4.66. The van der Waals surface area contributed by atoms with Gasteiger partial charge in [0.05, 0.1) is 23.5 Å². The van der Waals surface area contributed by atoms with Crippen LogP contribution in [-0.2, 0) is 6.54 Å². The highest BCUT2D eigenvalue weighted by molar-refractivity contribution is 5.79. The summed E-state index contributed by atoms with van der Waals surface area (Å²) >= 11 is 0. The Morgan fingerprint density at radius 1 is 1.17 bits per heavy atom. The lowest BCUT2D eigenvalue weighted by Gasteiger charge is -2.26. The van der Waals surface area contributed by atoms with Crippen molar-refractivity contribution < 1.29 is 0 Å². The molecule has 154 valence electrons. The number of nitrogens with one attached hydrogen (secondary N) is 2. The maximum absolute atomic E-state index is 4.66. The van der Waals surface area contributed by atoms with E-state index >= 15 is 0 Å². The highest BCUT2D eigenvalue weighted by atomic mass is 15.3. The van der Waals surface area contributed by atoms with Crippen molar-refractivity contribution in [2.24, 2.45) is 5.92 Å². The zero-order valence-corrected chi connectivity index (χ0v) is 17.4. The van der Waals surface area contributed by atoms with E-state index in [1.54, 1.807) is 12.4 Å². The number of pyridine rings is 1. The third-order valence-corrected chi connectivity index (χ3v) is 5.38. The maximum Gasteiger partial charge on any atom is 0.164 e. The molecule has 9 nitrogen and oxygen atoms in total. The van der Waals surface area contributed by atoms with Crippen LogP contribution in [0.2, 0.25) is 0 Å². The largest absolute Gasteiger partial charge is 0.326 e. The van der Waals surface area contributed by atoms with Gasteiger partial charge in [-0.15, -0.1) is 0 Å². The van der Waals surface area contributed by atoms with Crippen LogP contribution in [0.1, 0.15) is 25.7 Å². The fourth-order valence-corrected chi connectivity index (χ4v) is 3.86. The summed E-state index contributed by atoms with van der Waals surface area (Å²) in [5.74, 6) is 3.69. The lowest BCUT2D eigenvalue weighted by molar-refractivity contribution is 0.295. The zero-order chi connectivity index (χ0) is 20.7. The van der Waals surface area contributed by atoms with E-state index in [2.05, 4.69) is 54.1 Å². The number of imidazole rings is 1. The van der Waals surface area contributed by atoms with E-state index in [1.807, 2.05) is 36.1 Å². The molecule has 2 N–H and O–H groups in total. The van der Waals surface area contributed by atoms with Crippen LogP contribution in [-0.4, -0.2) is 47.4 Å². The van der Waals surface area contributed by atoms with Gasteiger partial charge in [0.1, 0.15) is 23.0 Å². The first-order valence-corrected chi connectivity index (χ1v) is 10.2. The number of hydrogen-bond donors (Lipinski definition) is 2. The van der Waals surface area contributed by atoms with Crippen molar-refractivity contribution in [1.82, 2.24) is 39.6 Å². The molecule has 4 aromatic rings. The topological polar surface area (TPSA) is 98.4 Å². The van der Waals surface area contributed by atoms with Crippen LogP contribution in [0.4, 0.5) is 11.6 Å². The minimum absolute atomic E-state index is 0.322. The molecule has 0 atom stereocenters. The smallest absolute Gasteiger partial charge is 0.164 e. The minimum Gasteiger partial charge on any atom is -0.326 e. The van der Waals surface area contributed by atoms with Crippen molar-refractivity contribution in [3.8, 4) is 11.4 Å². The van der Waals surface area contributed by atoms with Gasteiger partial charge in [-0.2, -0.15) is 5.10 Å². The van der Waals surface area contributed by atoms with Gasteiger partial charge in [-0.05, 0) is 26.8 Å². The molecule has 0 radical (unpaired) electrons. The number of rotatable bonds is 6. The van der Waals surface area contributed by atoms with Crippen LogP contribution in [0.25, 0.3) is 22.4 Å². The van der Waals surface area contributed by atoms with Crippen molar-refractivity contribution in [1.29, 1.82) is 0 Å². The quantitative estimate of drug-likeness (QED) is 0.511. The first-order valence-electron chi connectivity index (χ1n) is 10.2. The minimum atomic E-state index is 0.322. The molecule has 1 fully saturated rings. The SMILES string of the molecule is Cc1nc2cnc(Nc3ccnc(-c4cnn(CC5CNC5)c4)n3)cc2n1C(C)C. The van der Waals surface area contributed by atoms with Gasteiger partial charge < -0.3 is 15.2 Å². The Hall–Kier alpha value is -3.33. The third-order valence-electron chi connectivity index (χ3n) is 5.38. The second-order valence-corrected chi connectivity index (χ2v) is 8.05. The van der Waals surface area contributed by atoms with Crippen LogP contribution < -0.4 is 10.6 Å². The maximum atomic E-state index is 4.66. The number of hydrogen-bond acceptors (Lipinski definition) is 7. The second-order valence-electron chi connectivity index (χ2n) is 8.05. The average molecular weight is 403 g/mol. The van der Waals surface area contributed by atoms with Gasteiger partial charge in [0.2, 0.25) is 0 Å². The third kappa shape index (κ3) is 3.52. The lowest BCUT2D eigenvalue weighted by atomic mass is 10.0. The van der Waals surface area contributed by atoms with E-state index in [0.29, 0.717) is 23.6 Å². The van der Waals surface area contributed by atoms with Crippen molar-refractivity contribution in [2.75, 3.05) is 18.4 Å². The molecule has 5 heterocycles. The number of aryl methyl sites for hydroxylation is 1. The Balaban J connectivity index is 1.38. The molecule has 0 unspecified atom stereocenters. The van der Waals surface area contributed by atoms with E-state index in [9.17, 15) is 0 Å². The highest BCUT2D eigenvalue weighted by Gasteiger charge is 2.18. The van der Waals surface area contributed by atoms with E-state index in [0.717, 1.165) is 47.9 Å². The summed E-state index contributed by atoms with van der Waals surface area (Å²) in [6.07, 6.45) is 7.37. The summed E-state index contributed by atoms with van der Waals surface area (Å²) in [5, 5.41) is 11.0. The average Bonchev–Trinajstić information content (AvgIpc) is 3.28. The fraction of sp³-hybridized carbons (Fsp3) is 0.381. The van der Waals surface area contributed by atoms with Crippen LogP contribution >= 0.6 is 0 Å². The molecular weight excluding hydrogens is 378 g/mol. The Morgan fingerprint density at radius 2 is 2.03 bits per heavy atom. The molecule has 1 aliphatic rings. The zero-order valence-electron chi connectivity index (χ0n) is 17.4. The van der Waals surface area contributed by atoms with Crippen molar-refractivity contribution in [2.45, 2.75) is 33.4 Å². The first-order chi connectivity index (χ1) is 14.6. The van der Waals surface area contributed by atoms with Gasteiger partial charge in [-0.25, -0.2) is 19.9 Å². The fourth-order valence-electron chi connectivity index (χ4n) is 3.86. The van der Waals surface area contributed by atoms with Gasteiger partial charge in [-0.3, -0.25) is 4.68 Å². The van der Waals surface area contributed by atoms with Crippen LogP contribution in [0.3, 0.4) is 0 Å². The molecule has 1 saturated heterocycles. The molecule has 4 aromatic heterocycles. The van der Waals surface area contributed by atoms with Crippen molar-refractivity contribution in [3.63, 3.8) is 0 Å². The summed E-state index contributed by atoms with van der Waals surface area (Å²) in [7, 11) is 0. The van der Waals surface area contributed by atoms with Gasteiger partial charge >= 0.3 is 0 Å². The number of anilines is 2. The predicted octanol–water partition coefficient (Wildman–Crippen LogP) is 2.94. The number of aromatic nitrogens is 7. The standard InChI is InChI=1S/C21H25N9/c1-13(2)30-14(3)26-17-10-24-20(6-18(17)30)27-19-4-5-23-21(28-19)16-9-25-29(12-16)11-15-7-22-8-15/h4-6,9-10,12-13,15,22H,7-8,11H2,1-3H3,(H,23,24,27,28). The summed E-state index contributed by atoms with van der Waals surface area (Å²) in [4.78, 5) is 18.2. The normalized spacial score (nSPS) is 14.4. The lowest BCUT2D eigenvalue weighted by Crippen LogP contribution is -2.44. The molecule has 0 saturated carbocycles. The van der Waals surface area contributed by atoms with Crippen molar-refractivity contribution in [3.05, 3.63) is 42.7 Å². The molecule has 0 aromatic carbocycles. The van der Waals surface area contributed by atoms with Gasteiger partial charge in [0.25, 0.3) is 0 Å². The monoisotopic (exact) mass is 403 g/mol. The van der Waals surface area contributed by atoms with Gasteiger partial charge in [-0.1, -0.05) is 0 Å². The highest BCUT2D eigenvalue weighted by Crippen LogP contribution is 2.24. The summed E-state index contributed by atoms with van der Waals surface area (Å²) in [5.41, 5.74) is 2.85. The van der Waals surface area contributed by atoms with E-state index in [1.165, 1.54) is 0 Å². The van der Waals surface area contributed by atoms with Gasteiger partial charge in [0, 0.05) is 50.1 Å². The van der Waals surface area contributed by atoms with Crippen LogP contribution in [0.15, 0.2) is 36.9 Å². The van der Waals surface area contributed by atoms with E-state index in [4.69, 9.17) is 0 Å².